The Bertz CT molecular complexity index is 420. The van der Waals surface area contributed by atoms with E-state index >= 15 is 0 Å². The zero-order chi connectivity index (χ0) is 10.8. The molecule has 3 nitrogen and oxygen atoms in total. The summed E-state index contributed by atoms with van der Waals surface area (Å²) in [5.41, 5.74) is 1.94. The Kier molecular flexibility index (Phi) is 2.91. The van der Waals surface area contributed by atoms with E-state index in [1.165, 1.54) is 0 Å². The van der Waals surface area contributed by atoms with Gasteiger partial charge in [-0.1, -0.05) is 18.5 Å². The first-order valence-corrected chi connectivity index (χ1v) is 5.55. The minimum atomic E-state index is 0.185. The van der Waals surface area contributed by atoms with E-state index in [9.17, 15) is 4.79 Å². The van der Waals surface area contributed by atoms with Crippen LogP contribution in [-0.4, -0.2) is 15.6 Å². The summed E-state index contributed by atoms with van der Waals surface area (Å²) in [7, 11) is 0. The predicted octanol–water partition coefficient (Wildman–Crippen LogP) is 2.69. The van der Waals surface area contributed by atoms with Crippen LogP contribution in [0.4, 0.5) is 0 Å². The Morgan fingerprint density at radius 3 is 2.93 bits per heavy atom. The van der Waals surface area contributed by atoms with E-state index in [0.717, 1.165) is 30.7 Å². The van der Waals surface area contributed by atoms with Crippen LogP contribution in [0, 0.1) is 0 Å². The Labute approximate surface area is 93.7 Å². The van der Waals surface area contributed by atoms with Crippen LogP contribution in [0.1, 0.15) is 31.9 Å². The summed E-state index contributed by atoms with van der Waals surface area (Å²) < 4.78 is 1.88. The molecule has 1 aliphatic carbocycles. The number of hydrogen-bond acceptors (Lipinski definition) is 2. The lowest BCUT2D eigenvalue weighted by atomic mass is 10.1. The molecule has 1 aromatic rings. The average molecular weight is 225 g/mol. The van der Waals surface area contributed by atoms with Gasteiger partial charge in [-0.05, 0) is 24.5 Å². The van der Waals surface area contributed by atoms with Crippen LogP contribution < -0.4 is 0 Å². The minimum Gasteiger partial charge on any atom is -0.295 e. The molecule has 2 rings (SSSR count). The fraction of sp³-hybridized carbons (Fsp3) is 0.455. The molecule has 80 valence electrons. The van der Waals surface area contributed by atoms with Crippen molar-refractivity contribution in [3.8, 4) is 0 Å². The number of nitrogens with zero attached hydrogens (tertiary/aromatic N) is 2. The number of halogens is 1. The van der Waals surface area contributed by atoms with Gasteiger partial charge in [0.2, 0.25) is 0 Å². The van der Waals surface area contributed by atoms with Crippen LogP contribution in [0.25, 0.3) is 5.57 Å². The molecule has 1 aromatic heterocycles. The van der Waals surface area contributed by atoms with Crippen LogP contribution in [0.15, 0.2) is 12.3 Å². The van der Waals surface area contributed by atoms with Crippen molar-refractivity contribution in [3.63, 3.8) is 0 Å². The fourth-order valence-electron chi connectivity index (χ4n) is 1.85. The Balaban J connectivity index is 2.37. The Morgan fingerprint density at radius 1 is 1.53 bits per heavy atom. The van der Waals surface area contributed by atoms with Crippen molar-refractivity contribution in [2.45, 2.75) is 32.7 Å². The Hall–Kier alpha value is -1.09. The van der Waals surface area contributed by atoms with E-state index in [1.54, 1.807) is 12.3 Å². The highest BCUT2D eigenvalue weighted by atomic mass is 35.5. The molecule has 0 atom stereocenters. The van der Waals surface area contributed by atoms with Gasteiger partial charge < -0.3 is 0 Å². The van der Waals surface area contributed by atoms with Gasteiger partial charge in [0.1, 0.15) is 0 Å². The fourth-order valence-corrected chi connectivity index (χ4v) is 2.11. The van der Waals surface area contributed by atoms with Crippen molar-refractivity contribution in [3.05, 3.63) is 23.0 Å². The molecule has 1 aliphatic rings. The van der Waals surface area contributed by atoms with Crippen molar-refractivity contribution in [2.24, 2.45) is 0 Å². The second-order valence-electron chi connectivity index (χ2n) is 3.70. The zero-order valence-electron chi connectivity index (χ0n) is 8.66. The summed E-state index contributed by atoms with van der Waals surface area (Å²) in [5.74, 6) is 0.185. The lowest BCUT2D eigenvalue weighted by Gasteiger charge is -2.06. The summed E-state index contributed by atoms with van der Waals surface area (Å²) in [6, 6.07) is 0. The van der Waals surface area contributed by atoms with Crippen molar-refractivity contribution in [1.29, 1.82) is 0 Å². The van der Waals surface area contributed by atoms with E-state index in [-0.39, 0.29) is 5.78 Å². The average Bonchev–Trinajstić information content (AvgIpc) is 2.74. The third-order valence-corrected chi connectivity index (χ3v) is 2.79. The summed E-state index contributed by atoms with van der Waals surface area (Å²) in [6.45, 7) is 2.93. The van der Waals surface area contributed by atoms with Gasteiger partial charge in [0.05, 0.1) is 16.9 Å². The smallest absolute Gasteiger partial charge is 0.156 e. The molecule has 0 aromatic carbocycles. The number of carbonyl (C=O) groups excluding carboxylic acids is 1. The molecule has 1 heterocycles. The highest BCUT2D eigenvalue weighted by Crippen LogP contribution is 2.30. The minimum absolute atomic E-state index is 0.185. The van der Waals surface area contributed by atoms with E-state index in [1.807, 2.05) is 4.68 Å². The van der Waals surface area contributed by atoms with Gasteiger partial charge in [0, 0.05) is 13.0 Å². The summed E-state index contributed by atoms with van der Waals surface area (Å²) >= 11 is 6.07. The summed E-state index contributed by atoms with van der Waals surface area (Å²) in [4.78, 5) is 11.2. The molecule has 0 aliphatic heterocycles. The first-order valence-electron chi connectivity index (χ1n) is 5.17. The summed E-state index contributed by atoms with van der Waals surface area (Å²) in [5, 5.41) is 4.85. The van der Waals surface area contributed by atoms with E-state index in [4.69, 9.17) is 11.6 Å². The molecule has 0 amide bonds. The number of carbonyl (C=O) groups is 1. The van der Waals surface area contributed by atoms with E-state index < -0.39 is 0 Å². The molecule has 0 saturated carbocycles. The second-order valence-corrected chi connectivity index (χ2v) is 4.11. The van der Waals surface area contributed by atoms with Gasteiger partial charge in [-0.3, -0.25) is 9.48 Å². The third kappa shape index (κ3) is 1.97. The third-order valence-electron chi connectivity index (χ3n) is 2.51. The largest absolute Gasteiger partial charge is 0.295 e. The van der Waals surface area contributed by atoms with Crippen LogP contribution in [0.2, 0.25) is 5.02 Å². The SMILES string of the molecule is CCCn1ncc(Cl)c1C1=CC(=O)CC1. The van der Waals surface area contributed by atoms with Gasteiger partial charge in [-0.15, -0.1) is 0 Å². The van der Waals surface area contributed by atoms with Crippen molar-refractivity contribution in [2.75, 3.05) is 0 Å². The molecule has 0 radical (unpaired) electrons. The van der Waals surface area contributed by atoms with Crippen LogP contribution in [0.3, 0.4) is 0 Å². The van der Waals surface area contributed by atoms with Gasteiger partial charge in [0.15, 0.2) is 5.78 Å². The predicted molar refractivity (Wildman–Crippen MR) is 59.7 cm³/mol. The maximum absolute atomic E-state index is 11.2. The van der Waals surface area contributed by atoms with Gasteiger partial charge >= 0.3 is 0 Å². The highest BCUT2D eigenvalue weighted by Gasteiger charge is 2.19. The topological polar surface area (TPSA) is 34.9 Å². The number of rotatable bonds is 3. The molecule has 4 heteroatoms. The Morgan fingerprint density at radius 2 is 2.33 bits per heavy atom. The molecule has 0 unspecified atom stereocenters. The van der Waals surface area contributed by atoms with Crippen molar-refractivity contribution in [1.82, 2.24) is 9.78 Å². The standard InChI is InChI=1S/C11H13ClN2O/c1-2-5-14-11(10(12)7-13-14)8-3-4-9(15)6-8/h6-7H,2-5H2,1H3. The van der Waals surface area contributed by atoms with Crippen molar-refractivity contribution < 1.29 is 4.79 Å². The first-order chi connectivity index (χ1) is 7.22. The van der Waals surface area contributed by atoms with Crippen LogP contribution >= 0.6 is 11.6 Å². The molecule has 0 saturated heterocycles. The van der Waals surface area contributed by atoms with Crippen LogP contribution in [0.5, 0.6) is 0 Å². The number of ketones is 1. The van der Waals surface area contributed by atoms with Gasteiger partial charge in [-0.25, -0.2) is 0 Å². The lowest BCUT2D eigenvalue weighted by Crippen LogP contribution is -2.03. The molecule has 0 spiro atoms. The number of hydrogen-bond donors (Lipinski definition) is 0. The lowest BCUT2D eigenvalue weighted by molar-refractivity contribution is -0.114. The monoisotopic (exact) mass is 224 g/mol. The normalized spacial score (nSPS) is 15.9. The summed E-state index contributed by atoms with van der Waals surface area (Å²) in [6.07, 6.45) is 5.73. The maximum atomic E-state index is 11.2. The van der Waals surface area contributed by atoms with E-state index in [2.05, 4.69) is 12.0 Å². The highest BCUT2D eigenvalue weighted by molar-refractivity contribution is 6.32. The maximum Gasteiger partial charge on any atom is 0.156 e. The molecular formula is C11H13ClN2O. The zero-order valence-corrected chi connectivity index (χ0v) is 9.42. The molecule has 0 N–H and O–H groups in total. The molecular weight excluding hydrogens is 212 g/mol. The number of aromatic nitrogens is 2. The van der Waals surface area contributed by atoms with Gasteiger partial charge in [-0.2, -0.15) is 5.10 Å². The molecule has 0 bridgehead atoms. The van der Waals surface area contributed by atoms with Crippen LogP contribution in [-0.2, 0) is 11.3 Å². The molecule has 15 heavy (non-hydrogen) atoms. The van der Waals surface area contributed by atoms with Gasteiger partial charge in [0.25, 0.3) is 0 Å². The number of allylic oxidation sites excluding steroid dienone is 2. The van der Waals surface area contributed by atoms with E-state index in [0.29, 0.717) is 11.4 Å². The second kappa shape index (κ2) is 4.19. The number of aryl methyl sites for hydroxylation is 1. The van der Waals surface area contributed by atoms with Crippen molar-refractivity contribution >= 4 is 23.0 Å². The first kappa shape index (κ1) is 10.4. The molecule has 0 fully saturated rings. The quantitative estimate of drug-likeness (QED) is 0.791.